The third-order valence-corrected chi connectivity index (χ3v) is 3.46. The third-order valence-electron chi connectivity index (χ3n) is 3.09. The summed E-state index contributed by atoms with van der Waals surface area (Å²) in [6.07, 6.45) is 0.213. The van der Waals surface area contributed by atoms with Gasteiger partial charge in [0.15, 0.2) is 0 Å². The van der Waals surface area contributed by atoms with Crippen LogP contribution < -0.4 is 0 Å². The van der Waals surface area contributed by atoms with Crippen LogP contribution in [0.4, 0.5) is 4.39 Å². The van der Waals surface area contributed by atoms with Crippen molar-refractivity contribution in [3.63, 3.8) is 0 Å². The van der Waals surface area contributed by atoms with Gasteiger partial charge in [-0.1, -0.05) is 48.0 Å². The van der Waals surface area contributed by atoms with Gasteiger partial charge in [-0.2, -0.15) is 0 Å². The molecule has 4 heteroatoms. The number of amides is 1. The number of rotatable bonds is 4. The Bertz CT molecular complexity index is 615. The summed E-state index contributed by atoms with van der Waals surface area (Å²) in [6.45, 7) is 0.246. The van der Waals surface area contributed by atoms with Crippen LogP contribution in [0.5, 0.6) is 0 Å². The zero-order chi connectivity index (χ0) is 14.5. The molecule has 2 rings (SSSR count). The van der Waals surface area contributed by atoms with Crippen molar-refractivity contribution in [3.8, 4) is 0 Å². The van der Waals surface area contributed by atoms with Crippen LogP contribution in [-0.2, 0) is 17.8 Å². The van der Waals surface area contributed by atoms with Gasteiger partial charge in [0.2, 0.25) is 5.91 Å². The Labute approximate surface area is 122 Å². The predicted octanol–water partition coefficient (Wildman–Crippen LogP) is 3.68. The molecule has 1 amide bonds. The molecule has 0 saturated heterocycles. The molecule has 0 spiro atoms. The number of carbonyl (C=O) groups is 1. The van der Waals surface area contributed by atoms with Crippen molar-refractivity contribution < 1.29 is 9.18 Å². The number of benzene rings is 2. The molecule has 0 aliphatic rings. The fourth-order valence-corrected chi connectivity index (χ4v) is 2.11. The first kappa shape index (κ1) is 14.5. The van der Waals surface area contributed by atoms with Crippen molar-refractivity contribution >= 4 is 17.5 Å². The molecule has 0 aromatic heterocycles. The Morgan fingerprint density at radius 2 is 1.70 bits per heavy atom. The van der Waals surface area contributed by atoms with E-state index in [1.807, 2.05) is 18.2 Å². The average Bonchev–Trinajstić information content (AvgIpc) is 2.43. The molecule has 0 saturated carbocycles. The average molecular weight is 292 g/mol. The first-order valence-electron chi connectivity index (χ1n) is 6.28. The minimum atomic E-state index is -0.301. The van der Waals surface area contributed by atoms with Gasteiger partial charge < -0.3 is 4.90 Å². The van der Waals surface area contributed by atoms with Gasteiger partial charge in [-0.05, 0) is 17.7 Å². The van der Waals surface area contributed by atoms with Gasteiger partial charge in [0.05, 0.1) is 6.42 Å². The predicted molar refractivity (Wildman–Crippen MR) is 78.0 cm³/mol. The van der Waals surface area contributed by atoms with Gasteiger partial charge in [0.1, 0.15) is 5.82 Å². The highest BCUT2D eigenvalue weighted by molar-refractivity contribution is 6.31. The molecule has 0 fully saturated rings. The molecule has 0 heterocycles. The van der Waals surface area contributed by atoms with E-state index in [0.717, 1.165) is 5.56 Å². The Morgan fingerprint density at radius 1 is 1.10 bits per heavy atom. The van der Waals surface area contributed by atoms with Crippen LogP contribution >= 0.6 is 11.6 Å². The largest absolute Gasteiger partial charge is 0.341 e. The highest BCUT2D eigenvalue weighted by Gasteiger charge is 2.13. The number of hydrogen-bond acceptors (Lipinski definition) is 1. The Kier molecular flexibility index (Phi) is 4.74. The number of hydrogen-bond donors (Lipinski definition) is 0. The maximum Gasteiger partial charge on any atom is 0.227 e. The van der Waals surface area contributed by atoms with E-state index >= 15 is 0 Å². The van der Waals surface area contributed by atoms with E-state index < -0.39 is 0 Å². The minimum Gasteiger partial charge on any atom is -0.341 e. The van der Waals surface area contributed by atoms with Gasteiger partial charge in [-0.3, -0.25) is 4.79 Å². The zero-order valence-corrected chi connectivity index (χ0v) is 11.9. The second kappa shape index (κ2) is 6.53. The zero-order valence-electron chi connectivity index (χ0n) is 11.1. The molecular formula is C16H15ClFNO. The Hall–Kier alpha value is -1.87. The quantitative estimate of drug-likeness (QED) is 0.841. The van der Waals surface area contributed by atoms with Gasteiger partial charge >= 0.3 is 0 Å². The van der Waals surface area contributed by atoms with Crippen molar-refractivity contribution in [2.75, 3.05) is 7.05 Å². The second-order valence-corrected chi connectivity index (χ2v) is 5.02. The first-order valence-corrected chi connectivity index (χ1v) is 6.66. The summed E-state index contributed by atoms with van der Waals surface area (Å²) in [6, 6.07) is 13.7. The van der Waals surface area contributed by atoms with E-state index in [1.54, 1.807) is 31.3 Å². The molecule has 0 aliphatic heterocycles. The molecule has 0 atom stereocenters. The molecule has 0 bridgehead atoms. The lowest BCUT2D eigenvalue weighted by Crippen LogP contribution is -2.28. The van der Waals surface area contributed by atoms with E-state index in [-0.39, 0.29) is 24.7 Å². The topological polar surface area (TPSA) is 20.3 Å². The van der Waals surface area contributed by atoms with Crippen molar-refractivity contribution in [2.45, 2.75) is 13.0 Å². The van der Waals surface area contributed by atoms with E-state index in [1.165, 1.54) is 11.0 Å². The standard InChI is InChI=1S/C16H15ClFNO/c1-19(11-13-7-3-5-9-15(13)18)16(20)10-12-6-2-4-8-14(12)17/h2-9H,10-11H2,1H3. The fraction of sp³-hybridized carbons (Fsp3) is 0.188. The van der Waals surface area contributed by atoms with Gasteiger partial charge in [0.25, 0.3) is 0 Å². The van der Waals surface area contributed by atoms with Crippen molar-refractivity contribution in [2.24, 2.45) is 0 Å². The number of carbonyl (C=O) groups excluding carboxylic acids is 1. The lowest BCUT2D eigenvalue weighted by atomic mass is 10.1. The van der Waals surface area contributed by atoms with Crippen LogP contribution in [0.2, 0.25) is 5.02 Å². The monoisotopic (exact) mass is 291 g/mol. The summed E-state index contributed by atoms with van der Waals surface area (Å²) in [7, 11) is 1.66. The van der Waals surface area contributed by atoms with Crippen LogP contribution in [0, 0.1) is 5.82 Å². The summed E-state index contributed by atoms with van der Waals surface area (Å²) in [4.78, 5) is 13.6. The summed E-state index contributed by atoms with van der Waals surface area (Å²) in [5.41, 5.74) is 1.28. The molecule has 0 N–H and O–H groups in total. The summed E-state index contributed by atoms with van der Waals surface area (Å²) in [5.74, 6) is -0.397. The van der Waals surface area contributed by atoms with Crippen molar-refractivity contribution in [1.29, 1.82) is 0 Å². The summed E-state index contributed by atoms with van der Waals surface area (Å²) >= 11 is 6.03. The van der Waals surface area contributed by atoms with Crippen LogP contribution in [0.25, 0.3) is 0 Å². The highest BCUT2D eigenvalue weighted by atomic mass is 35.5. The molecule has 0 radical (unpaired) electrons. The lowest BCUT2D eigenvalue weighted by Gasteiger charge is -2.18. The van der Waals surface area contributed by atoms with Crippen LogP contribution in [0.3, 0.4) is 0 Å². The van der Waals surface area contributed by atoms with E-state index in [2.05, 4.69) is 0 Å². The fourth-order valence-electron chi connectivity index (χ4n) is 1.91. The maximum absolute atomic E-state index is 13.5. The molecule has 2 aromatic carbocycles. The second-order valence-electron chi connectivity index (χ2n) is 4.61. The molecule has 0 unspecified atom stereocenters. The molecule has 0 aliphatic carbocycles. The number of likely N-dealkylation sites (N-methyl/N-ethyl adjacent to an activating group) is 1. The highest BCUT2D eigenvalue weighted by Crippen LogP contribution is 2.17. The molecule has 20 heavy (non-hydrogen) atoms. The van der Waals surface area contributed by atoms with Crippen molar-refractivity contribution in [3.05, 3.63) is 70.5 Å². The molecule has 2 aromatic rings. The lowest BCUT2D eigenvalue weighted by molar-refractivity contribution is -0.129. The molecular weight excluding hydrogens is 277 g/mol. The normalized spacial score (nSPS) is 10.3. The molecule has 104 valence electrons. The van der Waals surface area contributed by atoms with E-state index in [4.69, 9.17) is 11.6 Å². The SMILES string of the molecule is CN(Cc1ccccc1F)C(=O)Cc1ccccc1Cl. The summed E-state index contributed by atoms with van der Waals surface area (Å²) < 4.78 is 13.5. The smallest absolute Gasteiger partial charge is 0.227 e. The van der Waals surface area contributed by atoms with Gasteiger partial charge in [-0.15, -0.1) is 0 Å². The maximum atomic E-state index is 13.5. The Morgan fingerprint density at radius 3 is 2.35 bits per heavy atom. The first-order chi connectivity index (χ1) is 9.58. The third kappa shape index (κ3) is 3.58. The summed E-state index contributed by atoms with van der Waals surface area (Å²) in [5, 5.41) is 0.570. The number of halogens is 2. The van der Waals surface area contributed by atoms with E-state index in [0.29, 0.717) is 10.6 Å². The van der Waals surface area contributed by atoms with Crippen LogP contribution in [0.1, 0.15) is 11.1 Å². The molecule has 2 nitrogen and oxygen atoms in total. The van der Waals surface area contributed by atoms with Gasteiger partial charge in [-0.25, -0.2) is 4.39 Å². The van der Waals surface area contributed by atoms with Crippen LogP contribution in [-0.4, -0.2) is 17.9 Å². The number of nitrogens with zero attached hydrogens (tertiary/aromatic N) is 1. The minimum absolute atomic E-state index is 0.0960. The van der Waals surface area contributed by atoms with Gasteiger partial charge in [0, 0.05) is 24.2 Å². The Balaban J connectivity index is 2.03. The van der Waals surface area contributed by atoms with E-state index in [9.17, 15) is 9.18 Å². The van der Waals surface area contributed by atoms with Crippen molar-refractivity contribution in [1.82, 2.24) is 4.90 Å². The van der Waals surface area contributed by atoms with Crippen LogP contribution in [0.15, 0.2) is 48.5 Å².